The number of nitrogens with zero attached hydrogens (tertiary/aromatic N) is 6. The highest BCUT2D eigenvalue weighted by atomic mass is 16.6. The number of hydrogen-bond acceptors (Lipinski definition) is 5. The van der Waals surface area contributed by atoms with E-state index in [1.165, 1.54) is 0 Å². The van der Waals surface area contributed by atoms with E-state index in [-0.39, 0.29) is 6.09 Å². The molecule has 0 spiro atoms. The summed E-state index contributed by atoms with van der Waals surface area (Å²) in [6.07, 6.45) is 3.40. The number of carbonyl (C=O) groups is 1. The van der Waals surface area contributed by atoms with Crippen LogP contribution in [0.4, 0.5) is 4.79 Å². The molecule has 1 aromatic heterocycles. The summed E-state index contributed by atoms with van der Waals surface area (Å²) in [5.74, 6) is 1.89. The molecule has 0 aliphatic carbocycles. The highest BCUT2D eigenvalue weighted by Gasteiger charge is 2.23. The van der Waals surface area contributed by atoms with Crippen LogP contribution in [0, 0.1) is 0 Å². The third-order valence-electron chi connectivity index (χ3n) is 4.24. The lowest BCUT2D eigenvalue weighted by Gasteiger charge is -2.36. The van der Waals surface area contributed by atoms with Crippen LogP contribution in [0.5, 0.6) is 0 Å². The third-order valence-corrected chi connectivity index (χ3v) is 4.24. The van der Waals surface area contributed by atoms with Crippen molar-refractivity contribution in [3.63, 3.8) is 0 Å². The molecule has 0 radical (unpaired) electrons. The van der Waals surface area contributed by atoms with Crippen LogP contribution in [-0.2, 0) is 17.7 Å². The maximum atomic E-state index is 11.8. The Labute approximate surface area is 155 Å². The first-order chi connectivity index (χ1) is 12.7. The molecule has 1 fully saturated rings. The van der Waals surface area contributed by atoms with Crippen molar-refractivity contribution in [3.8, 4) is 0 Å². The average molecular weight is 365 g/mol. The summed E-state index contributed by atoms with van der Waals surface area (Å²) >= 11 is 0. The molecule has 1 aliphatic rings. The van der Waals surface area contributed by atoms with E-state index in [0.29, 0.717) is 19.7 Å². The molecule has 0 saturated carbocycles. The first-order valence-corrected chi connectivity index (χ1v) is 9.51. The van der Waals surface area contributed by atoms with Crippen LogP contribution in [0.25, 0.3) is 0 Å². The summed E-state index contributed by atoms with van der Waals surface area (Å²) in [5, 5.41) is 11.5. The van der Waals surface area contributed by atoms with Gasteiger partial charge in [-0.1, -0.05) is 13.8 Å². The Bertz CT molecular complexity index is 579. The number of hydrogen-bond donors (Lipinski definition) is 1. The molecule has 1 amide bonds. The monoisotopic (exact) mass is 365 g/mol. The Balaban J connectivity index is 1.86. The molecule has 1 N–H and O–H groups in total. The second-order valence-electron chi connectivity index (χ2n) is 6.10. The van der Waals surface area contributed by atoms with Crippen LogP contribution in [0.2, 0.25) is 0 Å². The van der Waals surface area contributed by atoms with Crippen LogP contribution in [0.1, 0.15) is 33.0 Å². The van der Waals surface area contributed by atoms with E-state index in [1.54, 1.807) is 11.2 Å². The molecular weight excluding hydrogens is 334 g/mol. The predicted molar refractivity (Wildman–Crippen MR) is 100 cm³/mol. The summed E-state index contributed by atoms with van der Waals surface area (Å²) in [4.78, 5) is 20.5. The van der Waals surface area contributed by atoms with E-state index in [9.17, 15) is 4.79 Å². The molecule has 1 aromatic rings. The predicted octanol–water partition coefficient (Wildman–Crippen LogP) is 0.970. The van der Waals surface area contributed by atoms with Gasteiger partial charge in [-0.25, -0.2) is 4.79 Å². The zero-order chi connectivity index (χ0) is 18.8. The minimum absolute atomic E-state index is 0.230. The van der Waals surface area contributed by atoms with Gasteiger partial charge in [-0.3, -0.25) is 4.99 Å². The van der Waals surface area contributed by atoms with Gasteiger partial charge in [0.15, 0.2) is 5.96 Å². The maximum absolute atomic E-state index is 11.8. The lowest BCUT2D eigenvalue weighted by Crippen LogP contribution is -2.54. The molecule has 146 valence electrons. The SMILES string of the molecule is CCCN=C(NCCn1cnnc1CC)N1CCN(C(=O)OCC)CC1. The zero-order valence-electron chi connectivity index (χ0n) is 16.1. The van der Waals surface area contributed by atoms with E-state index >= 15 is 0 Å². The first-order valence-electron chi connectivity index (χ1n) is 9.51. The van der Waals surface area contributed by atoms with Crippen molar-refractivity contribution in [1.29, 1.82) is 0 Å². The van der Waals surface area contributed by atoms with E-state index in [1.807, 2.05) is 6.92 Å². The van der Waals surface area contributed by atoms with Crippen LogP contribution < -0.4 is 5.32 Å². The van der Waals surface area contributed by atoms with Gasteiger partial charge in [-0.15, -0.1) is 10.2 Å². The summed E-state index contributed by atoms with van der Waals surface area (Å²) in [5.41, 5.74) is 0. The van der Waals surface area contributed by atoms with Crippen molar-refractivity contribution in [2.45, 2.75) is 40.2 Å². The van der Waals surface area contributed by atoms with Crippen molar-refractivity contribution < 1.29 is 9.53 Å². The number of nitrogens with one attached hydrogen (secondary N) is 1. The number of piperazine rings is 1. The standard InChI is InChI=1S/C17H31N7O2/c1-4-7-18-16(19-8-9-24-14-20-21-15(24)5-2)22-10-12-23(13-11-22)17(25)26-6-3/h14H,4-13H2,1-3H3,(H,18,19). The quantitative estimate of drug-likeness (QED) is 0.572. The van der Waals surface area contributed by atoms with Crippen molar-refractivity contribution in [1.82, 2.24) is 29.9 Å². The van der Waals surface area contributed by atoms with Gasteiger partial charge in [0.2, 0.25) is 0 Å². The Kier molecular flexibility index (Phi) is 8.17. The minimum atomic E-state index is -0.230. The first kappa shape index (κ1) is 20.0. The number of ether oxygens (including phenoxy) is 1. The van der Waals surface area contributed by atoms with Crippen LogP contribution in [-0.4, -0.2) is 82.5 Å². The number of carbonyl (C=O) groups excluding carboxylic acids is 1. The van der Waals surface area contributed by atoms with Gasteiger partial charge >= 0.3 is 6.09 Å². The largest absolute Gasteiger partial charge is 0.450 e. The molecule has 9 heteroatoms. The lowest BCUT2D eigenvalue weighted by atomic mass is 10.3. The summed E-state index contributed by atoms with van der Waals surface area (Å²) < 4.78 is 7.14. The van der Waals surface area contributed by atoms with Crippen LogP contribution in [0.3, 0.4) is 0 Å². The van der Waals surface area contributed by atoms with Gasteiger partial charge in [-0.05, 0) is 13.3 Å². The van der Waals surface area contributed by atoms with Gasteiger partial charge < -0.3 is 24.4 Å². The van der Waals surface area contributed by atoms with Gasteiger partial charge in [0.05, 0.1) is 6.61 Å². The van der Waals surface area contributed by atoms with Crippen molar-refractivity contribution in [2.75, 3.05) is 45.9 Å². The topological polar surface area (TPSA) is 87.9 Å². The van der Waals surface area contributed by atoms with Gasteiger partial charge in [0.1, 0.15) is 12.2 Å². The van der Waals surface area contributed by atoms with Crippen molar-refractivity contribution in [3.05, 3.63) is 12.2 Å². The number of amides is 1. The summed E-state index contributed by atoms with van der Waals surface area (Å²) in [7, 11) is 0. The summed E-state index contributed by atoms with van der Waals surface area (Å²) in [6, 6.07) is 0. The smallest absolute Gasteiger partial charge is 0.409 e. The van der Waals surface area contributed by atoms with Crippen molar-refractivity contribution >= 4 is 12.1 Å². The van der Waals surface area contributed by atoms with Gasteiger partial charge in [0.25, 0.3) is 0 Å². The fourth-order valence-electron chi connectivity index (χ4n) is 2.83. The molecule has 0 aromatic carbocycles. The maximum Gasteiger partial charge on any atom is 0.409 e. The van der Waals surface area contributed by atoms with E-state index < -0.39 is 0 Å². The fraction of sp³-hybridized carbons (Fsp3) is 0.765. The lowest BCUT2D eigenvalue weighted by molar-refractivity contribution is 0.0914. The Morgan fingerprint density at radius 3 is 2.62 bits per heavy atom. The summed E-state index contributed by atoms with van der Waals surface area (Å²) in [6.45, 7) is 11.6. The molecule has 1 saturated heterocycles. The zero-order valence-corrected chi connectivity index (χ0v) is 16.1. The minimum Gasteiger partial charge on any atom is -0.450 e. The highest BCUT2D eigenvalue weighted by molar-refractivity contribution is 5.80. The van der Waals surface area contributed by atoms with E-state index in [4.69, 9.17) is 4.74 Å². The number of aliphatic imine (C=N–C) groups is 1. The van der Waals surface area contributed by atoms with E-state index in [2.05, 4.69) is 43.8 Å². The second kappa shape index (κ2) is 10.6. The number of rotatable bonds is 7. The molecule has 26 heavy (non-hydrogen) atoms. The Morgan fingerprint density at radius 1 is 1.23 bits per heavy atom. The number of aryl methyl sites for hydroxylation is 1. The number of guanidine groups is 1. The van der Waals surface area contributed by atoms with Gasteiger partial charge in [0, 0.05) is 52.2 Å². The van der Waals surface area contributed by atoms with Gasteiger partial charge in [-0.2, -0.15) is 0 Å². The molecule has 0 atom stereocenters. The number of aromatic nitrogens is 3. The molecular formula is C17H31N7O2. The second-order valence-corrected chi connectivity index (χ2v) is 6.10. The fourth-order valence-corrected chi connectivity index (χ4v) is 2.83. The molecule has 2 heterocycles. The van der Waals surface area contributed by atoms with E-state index in [0.717, 1.165) is 57.3 Å². The molecule has 1 aliphatic heterocycles. The average Bonchev–Trinajstić information content (AvgIpc) is 3.12. The third kappa shape index (κ3) is 5.60. The van der Waals surface area contributed by atoms with Crippen LogP contribution in [0.15, 0.2) is 11.3 Å². The molecule has 0 bridgehead atoms. The molecule has 9 nitrogen and oxygen atoms in total. The Morgan fingerprint density at radius 2 is 1.96 bits per heavy atom. The molecule has 0 unspecified atom stereocenters. The highest BCUT2D eigenvalue weighted by Crippen LogP contribution is 2.05. The van der Waals surface area contributed by atoms with Crippen LogP contribution >= 0.6 is 0 Å². The molecule has 2 rings (SSSR count). The van der Waals surface area contributed by atoms with Crippen molar-refractivity contribution in [2.24, 2.45) is 4.99 Å². The normalized spacial score (nSPS) is 15.3. The Hall–Kier alpha value is -2.32.